The molecule has 0 saturated heterocycles. The summed E-state index contributed by atoms with van der Waals surface area (Å²) in [5.74, 6) is 0.463. The predicted octanol–water partition coefficient (Wildman–Crippen LogP) is 2.84. The van der Waals surface area contributed by atoms with Gasteiger partial charge in [0.1, 0.15) is 11.2 Å². The Morgan fingerprint density at radius 1 is 1.33 bits per heavy atom. The van der Waals surface area contributed by atoms with Gasteiger partial charge in [-0.3, -0.25) is 4.79 Å². The van der Waals surface area contributed by atoms with Gasteiger partial charge in [0, 0.05) is 24.0 Å². The maximum absolute atomic E-state index is 12.5. The number of aryl methyl sites for hydroxylation is 1. The monoisotopic (exact) mass is 339 g/mol. The Bertz CT molecular complexity index is 867. The highest BCUT2D eigenvalue weighted by molar-refractivity contribution is 7.16. The van der Waals surface area contributed by atoms with Gasteiger partial charge in [-0.2, -0.15) is 0 Å². The maximum Gasteiger partial charge on any atom is 0.263 e. The maximum atomic E-state index is 12.5. The molecule has 4 rings (SSSR count). The van der Waals surface area contributed by atoms with Crippen molar-refractivity contribution in [2.24, 2.45) is 0 Å². The van der Waals surface area contributed by atoms with Gasteiger partial charge in [0.05, 0.1) is 17.9 Å². The van der Waals surface area contributed by atoms with Crippen LogP contribution in [0.2, 0.25) is 0 Å². The van der Waals surface area contributed by atoms with Crippen molar-refractivity contribution in [2.75, 3.05) is 0 Å². The van der Waals surface area contributed by atoms with E-state index in [2.05, 4.69) is 20.3 Å². The van der Waals surface area contributed by atoms with Crippen LogP contribution in [0.3, 0.4) is 0 Å². The molecule has 24 heavy (non-hydrogen) atoms. The Morgan fingerprint density at radius 2 is 2.12 bits per heavy atom. The molecule has 1 saturated carbocycles. The average Bonchev–Trinajstić information content (AvgIpc) is 3.16. The van der Waals surface area contributed by atoms with Gasteiger partial charge in [-0.05, 0) is 38.0 Å². The van der Waals surface area contributed by atoms with Crippen molar-refractivity contribution in [1.29, 1.82) is 0 Å². The summed E-state index contributed by atoms with van der Waals surface area (Å²) in [4.78, 5) is 26.1. The molecule has 0 bridgehead atoms. The Morgan fingerprint density at radius 3 is 2.88 bits per heavy atom. The second-order valence-corrected chi connectivity index (χ2v) is 6.87. The second kappa shape index (κ2) is 6.16. The van der Waals surface area contributed by atoms with Gasteiger partial charge in [-0.15, -0.1) is 0 Å². The molecule has 0 spiro atoms. The van der Waals surface area contributed by atoms with Crippen LogP contribution >= 0.6 is 11.3 Å². The zero-order valence-electron chi connectivity index (χ0n) is 13.3. The molecule has 1 amide bonds. The first-order chi connectivity index (χ1) is 11.7. The Balaban J connectivity index is 1.45. The molecule has 0 aromatic carbocycles. The third-order valence-corrected chi connectivity index (χ3v) is 5.16. The van der Waals surface area contributed by atoms with Gasteiger partial charge in [0.25, 0.3) is 5.91 Å². The van der Waals surface area contributed by atoms with E-state index in [0.717, 1.165) is 22.2 Å². The standard InChI is InChI=1S/C17H17N5OS/c1-11-15(24-17(21-11)22-6-2-3-7-22)16(23)18-9-13-8-14(12-4-5-12)20-10-19-13/h2-3,6-8,10,12H,4-5,9H2,1H3,(H,18,23). The molecule has 1 aliphatic carbocycles. The molecule has 0 atom stereocenters. The van der Waals surface area contributed by atoms with E-state index >= 15 is 0 Å². The third kappa shape index (κ3) is 3.07. The molecule has 1 fully saturated rings. The minimum atomic E-state index is -0.116. The summed E-state index contributed by atoms with van der Waals surface area (Å²) >= 11 is 1.39. The summed E-state index contributed by atoms with van der Waals surface area (Å²) in [6, 6.07) is 5.86. The van der Waals surface area contributed by atoms with E-state index in [0.29, 0.717) is 17.3 Å². The number of carbonyl (C=O) groups is 1. The van der Waals surface area contributed by atoms with Crippen molar-refractivity contribution >= 4 is 17.2 Å². The van der Waals surface area contributed by atoms with Crippen molar-refractivity contribution in [2.45, 2.75) is 32.2 Å². The summed E-state index contributed by atoms with van der Waals surface area (Å²) in [5, 5.41) is 3.73. The lowest BCUT2D eigenvalue weighted by Gasteiger charge is -2.05. The highest BCUT2D eigenvalue weighted by Gasteiger charge is 2.25. The number of hydrogen-bond acceptors (Lipinski definition) is 5. The van der Waals surface area contributed by atoms with Crippen LogP contribution in [0.5, 0.6) is 0 Å². The zero-order valence-corrected chi connectivity index (χ0v) is 14.1. The smallest absolute Gasteiger partial charge is 0.263 e. The van der Waals surface area contributed by atoms with Gasteiger partial charge >= 0.3 is 0 Å². The van der Waals surface area contributed by atoms with E-state index in [4.69, 9.17) is 0 Å². The topological polar surface area (TPSA) is 72.7 Å². The SMILES string of the molecule is Cc1nc(-n2cccc2)sc1C(=O)NCc1cc(C2CC2)ncn1. The fraction of sp³-hybridized carbons (Fsp3) is 0.294. The van der Waals surface area contributed by atoms with Crippen molar-refractivity contribution in [3.63, 3.8) is 0 Å². The van der Waals surface area contributed by atoms with E-state index < -0.39 is 0 Å². The molecule has 0 unspecified atom stereocenters. The first-order valence-electron chi connectivity index (χ1n) is 7.90. The van der Waals surface area contributed by atoms with E-state index in [1.54, 1.807) is 6.33 Å². The minimum Gasteiger partial charge on any atom is -0.346 e. The Labute approximate surface area is 143 Å². The number of rotatable bonds is 5. The van der Waals surface area contributed by atoms with Crippen molar-refractivity contribution in [1.82, 2.24) is 24.8 Å². The van der Waals surface area contributed by atoms with Crippen LogP contribution in [-0.4, -0.2) is 25.4 Å². The number of nitrogens with one attached hydrogen (secondary N) is 1. The van der Waals surface area contributed by atoms with Crippen LogP contribution in [0.1, 0.15) is 45.5 Å². The van der Waals surface area contributed by atoms with Gasteiger partial charge in [0.2, 0.25) is 0 Å². The van der Waals surface area contributed by atoms with Crippen LogP contribution in [0.25, 0.3) is 5.13 Å². The quantitative estimate of drug-likeness (QED) is 0.776. The molecule has 3 heterocycles. The molecule has 1 aliphatic rings. The first kappa shape index (κ1) is 15.0. The summed E-state index contributed by atoms with van der Waals surface area (Å²) in [7, 11) is 0. The number of amides is 1. The molecule has 7 heteroatoms. The Kier molecular flexibility index (Phi) is 3.86. The minimum absolute atomic E-state index is 0.116. The third-order valence-electron chi connectivity index (χ3n) is 3.99. The van der Waals surface area contributed by atoms with E-state index in [-0.39, 0.29) is 5.91 Å². The van der Waals surface area contributed by atoms with Crippen LogP contribution in [0.15, 0.2) is 36.9 Å². The summed E-state index contributed by atoms with van der Waals surface area (Å²) in [6.45, 7) is 2.26. The molecular formula is C17H17N5OS. The molecule has 3 aromatic rings. The van der Waals surface area contributed by atoms with E-state index in [1.807, 2.05) is 42.1 Å². The Hall–Kier alpha value is -2.54. The molecule has 122 valence electrons. The lowest BCUT2D eigenvalue weighted by molar-refractivity contribution is 0.0953. The summed E-state index contributed by atoms with van der Waals surface area (Å²) in [5.41, 5.74) is 2.66. The first-order valence-corrected chi connectivity index (χ1v) is 8.72. The van der Waals surface area contributed by atoms with Gasteiger partial charge in [0.15, 0.2) is 5.13 Å². The number of aromatic nitrogens is 4. The normalized spacial score (nSPS) is 13.9. The lowest BCUT2D eigenvalue weighted by Crippen LogP contribution is -2.23. The number of hydrogen-bond donors (Lipinski definition) is 1. The average molecular weight is 339 g/mol. The van der Waals surface area contributed by atoms with E-state index in [9.17, 15) is 4.79 Å². The molecule has 0 radical (unpaired) electrons. The number of carbonyl (C=O) groups excluding carboxylic acids is 1. The second-order valence-electron chi connectivity index (χ2n) is 5.89. The molecular weight excluding hydrogens is 322 g/mol. The van der Waals surface area contributed by atoms with Gasteiger partial charge in [-0.1, -0.05) is 11.3 Å². The summed E-state index contributed by atoms with van der Waals surface area (Å²) in [6.07, 6.45) is 7.81. The molecule has 0 aliphatic heterocycles. The highest BCUT2D eigenvalue weighted by Crippen LogP contribution is 2.38. The predicted molar refractivity (Wildman–Crippen MR) is 91.4 cm³/mol. The van der Waals surface area contributed by atoms with Crippen LogP contribution < -0.4 is 5.32 Å². The van der Waals surface area contributed by atoms with E-state index in [1.165, 1.54) is 24.2 Å². The van der Waals surface area contributed by atoms with Crippen LogP contribution in [-0.2, 0) is 6.54 Å². The van der Waals surface area contributed by atoms with Crippen molar-refractivity contribution in [3.05, 3.63) is 58.9 Å². The van der Waals surface area contributed by atoms with Gasteiger partial charge < -0.3 is 9.88 Å². The zero-order chi connectivity index (χ0) is 16.5. The largest absolute Gasteiger partial charge is 0.346 e. The van der Waals surface area contributed by atoms with Crippen molar-refractivity contribution in [3.8, 4) is 5.13 Å². The lowest BCUT2D eigenvalue weighted by atomic mass is 10.2. The fourth-order valence-corrected chi connectivity index (χ4v) is 3.48. The number of nitrogens with zero attached hydrogens (tertiary/aromatic N) is 4. The highest BCUT2D eigenvalue weighted by atomic mass is 32.1. The molecule has 1 N–H and O–H groups in total. The molecule has 3 aromatic heterocycles. The number of thiazole rings is 1. The van der Waals surface area contributed by atoms with Crippen molar-refractivity contribution < 1.29 is 4.79 Å². The summed E-state index contributed by atoms with van der Waals surface area (Å²) < 4.78 is 1.90. The van der Waals surface area contributed by atoms with Gasteiger partial charge in [-0.25, -0.2) is 15.0 Å². The fourth-order valence-electron chi connectivity index (χ4n) is 2.53. The molecule has 6 nitrogen and oxygen atoms in total. The van der Waals surface area contributed by atoms with Crippen LogP contribution in [0.4, 0.5) is 0 Å². The van der Waals surface area contributed by atoms with Crippen LogP contribution in [0, 0.1) is 6.92 Å².